The van der Waals surface area contributed by atoms with E-state index >= 15 is 0 Å². The van der Waals surface area contributed by atoms with Crippen LogP contribution in [0.5, 0.6) is 5.75 Å². The molecule has 0 saturated carbocycles. The van der Waals surface area contributed by atoms with Gasteiger partial charge in [-0.2, -0.15) is 0 Å². The van der Waals surface area contributed by atoms with Crippen LogP contribution in [-0.4, -0.2) is 16.6 Å². The van der Waals surface area contributed by atoms with Gasteiger partial charge in [-0.1, -0.05) is 20.8 Å². The Balaban J connectivity index is 1.94. The minimum atomic E-state index is -2.71. The summed E-state index contributed by atoms with van der Waals surface area (Å²) in [4.78, 5) is 8.49. The lowest BCUT2D eigenvalue weighted by Crippen LogP contribution is -2.12. The van der Waals surface area contributed by atoms with Gasteiger partial charge in [0.2, 0.25) is 0 Å². The van der Waals surface area contributed by atoms with Crippen LogP contribution >= 0.6 is 0 Å². The van der Waals surface area contributed by atoms with Gasteiger partial charge in [0.15, 0.2) is 0 Å². The third-order valence-corrected chi connectivity index (χ3v) is 4.51. The summed E-state index contributed by atoms with van der Waals surface area (Å²) in [6.45, 7) is 6.60. The zero-order chi connectivity index (χ0) is 20.3. The van der Waals surface area contributed by atoms with Crippen molar-refractivity contribution in [1.82, 2.24) is 9.97 Å². The van der Waals surface area contributed by atoms with Crippen LogP contribution in [0.2, 0.25) is 0 Å². The number of pyridine rings is 2. The molecule has 0 saturated heterocycles. The molecule has 1 atom stereocenters. The third kappa shape index (κ3) is 4.61. The summed E-state index contributed by atoms with van der Waals surface area (Å²) in [5, 5.41) is 0.523. The molecular weight excluding hydrogens is 365 g/mol. The predicted octanol–water partition coefficient (Wildman–Crippen LogP) is 6.43. The lowest BCUT2D eigenvalue weighted by atomic mass is 10.00. The summed E-state index contributed by atoms with van der Waals surface area (Å²) in [7, 11) is 0. The molecule has 2 aromatic heterocycles. The number of alkyl halides is 2. The standard InChI is InChI=1S/C22H23F3N2O/c1-13(2)8-14(3)12-28-21-11-27-20(10-18(21)22(24)25)16-6-7-26-19-5-4-15(23)9-17(16)19/h4-7,9-11,13-14,22H,8,12H2,1-3H3. The summed E-state index contributed by atoms with van der Waals surface area (Å²) in [5.74, 6) is 0.417. The fraction of sp³-hybridized carbons (Fsp3) is 0.364. The molecule has 3 nitrogen and oxygen atoms in total. The van der Waals surface area contributed by atoms with Gasteiger partial charge < -0.3 is 4.74 Å². The first-order valence-electron chi connectivity index (χ1n) is 9.30. The number of nitrogens with zero attached hydrogens (tertiary/aromatic N) is 2. The molecule has 6 heteroatoms. The van der Waals surface area contributed by atoms with Crippen LogP contribution in [0, 0.1) is 17.7 Å². The molecule has 0 radical (unpaired) electrons. The number of rotatable bonds is 7. The van der Waals surface area contributed by atoms with Gasteiger partial charge in [0.1, 0.15) is 11.6 Å². The molecule has 148 valence electrons. The number of hydrogen-bond donors (Lipinski definition) is 0. The summed E-state index contributed by atoms with van der Waals surface area (Å²) >= 11 is 0. The Labute approximate surface area is 162 Å². The average Bonchev–Trinajstić information content (AvgIpc) is 2.65. The average molecular weight is 388 g/mol. The number of fused-ring (bicyclic) bond motifs is 1. The molecule has 0 fully saturated rings. The molecule has 0 bridgehead atoms. The fourth-order valence-corrected chi connectivity index (χ4v) is 3.34. The molecule has 0 aliphatic carbocycles. The molecule has 0 aliphatic heterocycles. The van der Waals surface area contributed by atoms with Gasteiger partial charge in [-0.25, -0.2) is 13.2 Å². The second-order valence-corrected chi connectivity index (χ2v) is 7.47. The van der Waals surface area contributed by atoms with E-state index in [1.165, 1.54) is 24.4 Å². The molecule has 1 unspecified atom stereocenters. The van der Waals surface area contributed by atoms with Crippen molar-refractivity contribution in [2.45, 2.75) is 33.6 Å². The predicted molar refractivity (Wildman–Crippen MR) is 104 cm³/mol. The van der Waals surface area contributed by atoms with Crippen molar-refractivity contribution in [3.63, 3.8) is 0 Å². The van der Waals surface area contributed by atoms with Crippen molar-refractivity contribution < 1.29 is 17.9 Å². The number of aromatic nitrogens is 2. The van der Waals surface area contributed by atoms with Gasteiger partial charge in [0, 0.05) is 17.1 Å². The summed E-state index contributed by atoms with van der Waals surface area (Å²) < 4.78 is 46.6. The van der Waals surface area contributed by atoms with E-state index < -0.39 is 12.2 Å². The highest BCUT2D eigenvalue weighted by atomic mass is 19.3. The molecule has 1 aromatic carbocycles. The van der Waals surface area contributed by atoms with E-state index in [1.54, 1.807) is 18.3 Å². The summed E-state index contributed by atoms with van der Waals surface area (Å²) in [6.07, 6.45) is 1.12. The molecular formula is C22H23F3N2O. The van der Waals surface area contributed by atoms with E-state index in [0.717, 1.165) is 6.42 Å². The first kappa shape index (κ1) is 20.1. The van der Waals surface area contributed by atoms with E-state index in [2.05, 4.69) is 23.8 Å². The van der Waals surface area contributed by atoms with E-state index in [-0.39, 0.29) is 17.2 Å². The Morgan fingerprint density at radius 1 is 1.04 bits per heavy atom. The highest BCUT2D eigenvalue weighted by Crippen LogP contribution is 2.34. The zero-order valence-electron chi connectivity index (χ0n) is 16.1. The van der Waals surface area contributed by atoms with Gasteiger partial charge in [-0.15, -0.1) is 0 Å². The van der Waals surface area contributed by atoms with Crippen LogP contribution in [0.15, 0.2) is 42.7 Å². The number of halogens is 3. The van der Waals surface area contributed by atoms with Crippen molar-refractivity contribution in [2.75, 3.05) is 6.61 Å². The Morgan fingerprint density at radius 2 is 1.82 bits per heavy atom. The minimum absolute atomic E-state index is 0.0823. The van der Waals surface area contributed by atoms with Gasteiger partial charge in [0.05, 0.1) is 29.6 Å². The van der Waals surface area contributed by atoms with E-state index in [0.29, 0.717) is 34.7 Å². The maximum Gasteiger partial charge on any atom is 0.267 e. The Kier molecular flexibility index (Phi) is 6.17. The molecule has 0 amide bonds. The van der Waals surface area contributed by atoms with Crippen LogP contribution in [0.3, 0.4) is 0 Å². The van der Waals surface area contributed by atoms with Crippen LogP contribution in [0.4, 0.5) is 13.2 Å². The van der Waals surface area contributed by atoms with Crippen LogP contribution in [-0.2, 0) is 0 Å². The fourth-order valence-electron chi connectivity index (χ4n) is 3.34. The first-order chi connectivity index (χ1) is 13.3. The molecule has 3 rings (SSSR count). The largest absolute Gasteiger partial charge is 0.491 e. The highest BCUT2D eigenvalue weighted by molar-refractivity contribution is 5.93. The normalized spacial score (nSPS) is 12.7. The lowest BCUT2D eigenvalue weighted by Gasteiger charge is -2.17. The maximum absolute atomic E-state index is 13.7. The Hall–Kier alpha value is -2.63. The van der Waals surface area contributed by atoms with Gasteiger partial charge in [0.25, 0.3) is 6.43 Å². The molecule has 2 heterocycles. The van der Waals surface area contributed by atoms with Gasteiger partial charge in [-0.3, -0.25) is 9.97 Å². The molecule has 0 spiro atoms. The van der Waals surface area contributed by atoms with Crippen molar-refractivity contribution in [2.24, 2.45) is 11.8 Å². The van der Waals surface area contributed by atoms with E-state index in [9.17, 15) is 13.2 Å². The highest BCUT2D eigenvalue weighted by Gasteiger charge is 2.18. The Bertz CT molecular complexity index is 960. The zero-order valence-corrected chi connectivity index (χ0v) is 16.1. The number of hydrogen-bond acceptors (Lipinski definition) is 3. The number of ether oxygens (including phenoxy) is 1. The smallest absolute Gasteiger partial charge is 0.267 e. The van der Waals surface area contributed by atoms with E-state index in [4.69, 9.17) is 4.74 Å². The monoisotopic (exact) mass is 388 g/mol. The van der Waals surface area contributed by atoms with Crippen LogP contribution in [0.25, 0.3) is 22.2 Å². The quantitative estimate of drug-likeness (QED) is 0.467. The molecule has 3 aromatic rings. The van der Waals surface area contributed by atoms with Crippen molar-refractivity contribution in [3.05, 3.63) is 54.1 Å². The topological polar surface area (TPSA) is 35.0 Å². The van der Waals surface area contributed by atoms with Crippen LogP contribution in [0.1, 0.15) is 39.2 Å². The molecule has 28 heavy (non-hydrogen) atoms. The SMILES string of the molecule is CC(C)CC(C)COc1cnc(-c2ccnc3ccc(F)cc23)cc1C(F)F. The minimum Gasteiger partial charge on any atom is -0.491 e. The van der Waals surface area contributed by atoms with E-state index in [1.807, 2.05) is 6.92 Å². The number of benzene rings is 1. The third-order valence-electron chi connectivity index (χ3n) is 4.51. The van der Waals surface area contributed by atoms with Gasteiger partial charge in [-0.05, 0) is 48.6 Å². The summed E-state index contributed by atoms with van der Waals surface area (Å²) in [5.41, 5.74) is 1.23. The first-order valence-corrected chi connectivity index (χ1v) is 9.30. The van der Waals surface area contributed by atoms with Crippen LogP contribution < -0.4 is 4.74 Å². The molecule has 0 aliphatic rings. The van der Waals surface area contributed by atoms with Crippen molar-refractivity contribution >= 4 is 10.9 Å². The molecule has 0 N–H and O–H groups in total. The second-order valence-electron chi connectivity index (χ2n) is 7.47. The second kappa shape index (κ2) is 8.59. The van der Waals surface area contributed by atoms with Crippen molar-refractivity contribution in [1.29, 1.82) is 0 Å². The van der Waals surface area contributed by atoms with Gasteiger partial charge >= 0.3 is 0 Å². The van der Waals surface area contributed by atoms with Crippen molar-refractivity contribution in [3.8, 4) is 17.0 Å². The summed E-state index contributed by atoms with van der Waals surface area (Å²) in [6, 6.07) is 7.15. The Morgan fingerprint density at radius 3 is 2.54 bits per heavy atom. The maximum atomic E-state index is 13.7. The lowest BCUT2D eigenvalue weighted by molar-refractivity contribution is 0.142.